The van der Waals surface area contributed by atoms with Crippen molar-refractivity contribution in [2.24, 2.45) is 0 Å². The molecule has 0 saturated heterocycles. The zero-order valence-corrected chi connectivity index (χ0v) is 17.0. The van der Waals surface area contributed by atoms with Crippen LogP contribution in [-0.4, -0.2) is 25.4 Å². The summed E-state index contributed by atoms with van der Waals surface area (Å²) < 4.78 is 42.5. The van der Waals surface area contributed by atoms with E-state index in [1.807, 2.05) is 6.92 Å². The van der Waals surface area contributed by atoms with Gasteiger partial charge < -0.3 is 9.88 Å². The Morgan fingerprint density at radius 3 is 2.59 bits per heavy atom. The third kappa shape index (κ3) is 4.66. The van der Waals surface area contributed by atoms with Crippen LogP contribution < -0.4 is 5.32 Å². The second-order valence-electron chi connectivity index (χ2n) is 7.18. The number of rotatable bonds is 5. The molecule has 0 atom stereocenters. The summed E-state index contributed by atoms with van der Waals surface area (Å²) >= 11 is 0. The lowest BCUT2D eigenvalue weighted by atomic mass is 10.0. The van der Waals surface area contributed by atoms with Crippen molar-refractivity contribution >= 4 is 11.6 Å². The fraction of sp³-hybridized carbons (Fsp3) is 0.130. The van der Waals surface area contributed by atoms with E-state index in [1.54, 1.807) is 47.6 Å². The Bertz CT molecular complexity index is 1240. The number of amides is 1. The average molecular weight is 437 g/mol. The van der Waals surface area contributed by atoms with Gasteiger partial charge in [0.15, 0.2) is 0 Å². The summed E-state index contributed by atoms with van der Waals surface area (Å²) in [5.74, 6) is -0.523. The van der Waals surface area contributed by atoms with E-state index in [4.69, 9.17) is 0 Å². The van der Waals surface area contributed by atoms with Crippen LogP contribution in [0.3, 0.4) is 0 Å². The van der Waals surface area contributed by atoms with Crippen LogP contribution in [0.2, 0.25) is 0 Å². The third-order valence-corrected chi connectivity index (χ3v) is 4.92. The zero-order valence-electron chi connectivity index (χ0n) is 17.0. The van der Waals surface area contributed by atoms with Crippen LogP contribution in [0, 0.1) is 6.92 Å². The van der Waals surface area contributed by atoms with Crippen LogP contribution in [0.5, 0.6) is 0 Å². The Labute approximate surface area is 181 Å². The minimum atomic E-state index is -4.57. The van der Waals surface area contributed by atoms with Gasteiger partial charge >= 0.3 is 6.18 Å². The number of nitrogens with one attached hydrogen (secondary N) is 1. The predicted octanol–water partition coefficient (Wildman–Crippen LogP) is 4.97. The van der Waals surface area contributed by atoms with E-state index in [0.29, 0.717) is 11.3 Å². The molecule has 2 aromatic carbocycles. The van der Waals surface area contributed by atoms with Gasteiger partial charge in [0.1, 0.15) is 0 Å². The fourth-order valence-corrected chi connectivity index (χ4v) is 3.31. The summed E-state index contributed by atoms with van der Waals surface area (Å²) in [6.07, 6.45) is 4.64. The van der Waals surface area contributed by atoms with Crippen molar-refractivity contribution in [3.05, 3.63) is 96.0 Å². The Morgan fingerprint density at radius 1 is 1.06 bits per heavy atom. The van der Waals surface area contributed by atoms with Gasteiger partial charge in [-0.05, 0) is 42.3 Å². The summed E-state index contributed by atoms with van der Waals surface area (Å²) in [6, 6.07) is 8.78. The number of anilines is 1. The highest BCUT2D eigenvalue weighted by Gasteiger charge is 2.33. The van der Waals surface area contributed by atoms with Crippen molar-refractivity contribution in [1.29, 1.82) is 0 Å². The highest BCUT2D eigenvalue weighted by molar-refractivity contribution is 6.05. The smallest absolute Gasteiger partial charge is 0.333 e. The van der Waals surface area contributed by atoms with Crippen molar-refractivity contribution < 1.29 is 18.0 Å². The summed E-state index contributed by atoms with van der Waals surface area (Å²) in [5.41, 5.74) is 1.83. The molecule has 0 spiro atoms. The quantitative estimate of drug-likeness (QED) is 0.479. The van der Waals surface area contributed by atoms with E-state index in [9.17, 15) is 18.0 Å². The Balaban J connectivity index is 1.61. The molecule has 2 aromatic heterocycles. The fourth-order valence-electron chi connectivity index (χ4n) is 3.31. The first kappa shape index (κ1) is 21.2. The van der Waals surface area contributed by atoms with Crippen molar-refractivity contribution in [3.8, 4) is 11.3 Å². The highest BCUT2D eigenvalue weighted by atomic mass is 19.4. The third-order valence-electron chi connectivity index (χ3n) is 4.92. The van der Waals surface area contributed by atoms with Crippen LogP contribution in [0.25, 0.3) is 11.3 Å². The molecule has 1 N–H and O–H groups in total. The van der Waals surface area contributed by atoms with Gasteiger partial charge in [-0.15, -0.1) is 0 Å². The molecule has 0 aliphatic rings. The number of carbonyl (C=O) groups excluding carboxylic acids is 1. The molecule has 0 aliphatic carbocycles. The van der Waals surface area contributed by atoms with Gasteiger partial charge in [-0.2, -0.15) is 13.2 Å². The predicted molar refractivity (Wildman–Crippen MR) is 113 cm³/mol. The second kappa shape index (κ2) is 8.62. The van der Waals surface area contributed by atoms with Gasteiger partial charge in [-0.25, -0.2) is 4.98 Å². The van der Waals surface area contributed by atoms with Gasteiger partial charge in [0.2, 0.25) is 0 Å². The average Bonchev–Trinajstić information content (AvgIpc) is 3.28. The molecule has 0 fully saturated rings. The number of aryl methyl sites for hydroxylation is 1. The summed E-state index contributed by atoms with van der Waals surface area (Å²) in [5, 5.41) is 2.56. The van der Waals surface area contributed by atoms with E-state index in [0.717, 1.165) is 17.2 Å². The van der Waals surface area contributed by atoms with E-state index < -0.39 is 17.6 Å². The minimum absolute atomic E-state index is 0.0164. The molecule has 4 aromatic rings. The van der Waals surface area contributed by atoms with Crippen LogP contribution in [0.1, 0.15) is 27.0 Å². The van der Waals surface area contributed by atoms with Gasteiger partial charge in [-0.1, -0.05) is 12.1 Å². The maximum Gasteiger partial charge on any atom is 0.416 e. The van der Waals surface area contributed by atoms with E-state index in [2.05, 4.69) is 20.3 Å². The number of hydrogen-bond acceptors (Lipinski definition) is 4. The Morgan fingerprint density at radius 2 is 1.91 bits per heavy atom. The van der Waals surface area contributed by atoms with Gasteiger partial charge in [0.25, 0.3) is 5.91 Å². The molecule has 1 amide bonds. The van der Waals surface area contributed by atoms with E-state index >= 15 is 0 Å². The Hall–Kier alpha value is -4.01. The van der Waals surface area contributed by atoms with E-state index in [-0.39, 0.29) is 17.8 Å². The summed E-state index contributed by atoms with van der Waals surface area (Å²) in [7, 11) is 0. The van der Waals surface area contributed by atoms with Crippen LogP contribution in [0.15, 0.2) is 73.7 Å². The normalized spacial score (nSPS) is 11.4. The SMILES string of the molecule is Cc1ccc(C(=O)Nc2ccc(Cn3ccnc3)c(C(F)(F)F)c2)cc1-c1cnccn1. The number of carbonyl (C=O) groups is 1. The molecule has 32 heavy (non-hydrogen) atoms. The molecule has 4 rings (SSSR count). The lowest BCUT2D eigenvalue weighted by molar-refractivity contribution is -0.138. The van der Waals surface area contributed by atoms with E-state index in [1.165, 1.54) is 24.7 Å². The number of hydrogen-bond donors (Lipinski definition) is 1. The highest BCUT2D eigenvalue weighted by Crippen LogP contribution is 2.34. The molecule has 0 unspecified atom stereocenters. The lowest BCUT2D eigenvalue weighted by Crippen LogP contribution is -2.15. The lowest BCUT2D eigenvalue weighted by Gasteiger charge is -2.16. The number of nitrogens with zero attached hydrogens (tertiary/aromatic N) is 4. The number of benzene rings is 2. The van der Waals surface area contributed by atoms with Crippen molar-refractivity contribution in [3.63, 3.8) is 0 Å². The first-order valence-corrected chi connectivity index (χ1v) is 9.65. The van der Waals surface area contributed by atoms with Crippen LogP contribution in [0.4, 0.5) is 18.9 Å². The molecule has 162 valence electrons. The number of imidazole rings is 1. The Kier molecular flexibility index (Phi) is 5.72. The molecule has 0 saturated carbocycles. The van der Waals surface area contributed by atoms with Crippen molar-refractivity contribution in [2.75, 3.05) is 5.32 Å². The van der Waals surface area contributed by atoms with Crippen molar-refractivity contribution in [2.45, 2.75) is 19.6 Å². The standard InChI is InChI=1S/C23H18F3N5O/c1-15-2-3-16(10-19(15)21-12-27-6-7-29-21)22(32)30-18-5-4-17(13-31-9-8-28-14-31)20(11-18)23(24,25)26/h2-12,14H,13H2,1H3,(H,30,32). The molecule has 0 aliphatic heterocycles. The van der Waals surface area contributed by atoms with Gasteiger partial charge in [0.05, 0.1) is 23.8 Å². The zero-order chi connectivity index (χ0) is 22.7. The maximum absolute atomic E-state index is 13.7. The molecular formula is C23H18F3N5O. The maximum atomic E-state index is 13.7. The number of halogens is 3. The minimum Gasteiger partial charge on any atom is -0.333 e. The largest absolute Gasteiger partial charge is 0.416 e. The summed E-state index contributed by atoms with van der Waals surface area (Å²) in [4.78, 5) is 24.9. The van der Waals surface area contributed by atoms with Crippen molar-refractivity contribution in [1.82, 2.24) is 19.5 Å². The monoisotopic (exact) mass is 437 g/mol. The topological polar surface area (TPSA) is 72.7 Å². The molecule has 9 heteroatoms. The number of alkyl halides is 3. The van der Waals surface area contributed by atoms with Crippen LogP contribution in [-0.2, 0) is 12.7 Å². The summed E-state index contributed by atoms with van der Waals surface area (Å²) in [6.45, 7) is 1.89. The van der Waals surface area contributed by atoms with Gasteiger partial charge in [-0.3, -0.25) is 14.8 Å². The van der Waals surface area contributed by atoms with Gasteiger partial charge in [0, 0.05) is 48.1 Å². The first-order chi connectivity index (χ1) is 15.3. The molecule has 0 bridgehead atoms. The molecule has 6 nitrogen and oxygen atoms in total. The molecular weight excluding hydrogens is 419 g/mol. The first-order valence-electron chi connectivity index (χ1n) is 9.65. The van der Waals surface area contributed by atoms with Crippen LogP contribution >= 0.6 is 0 Å². The molecule has 0 radical (unpaired) electrons. The number of aromatic nitrogens is 4. The second-order valence-corrected chi connectivity index (χ2v) is 7.18. The molecule has 2 heterocycles.